The first kappa shape index (κ1) is 17.1. The number of nitrogens with one attached hydrogen (secondary N) is 1. The Balaban J connectivity index is 3.04. The third kappa shape index (κ3) is 4.23. The molecule has 1 aromatic rings. The number of carbonyl (C=O) groups is 1. The molecule has 0 saturated carbocycles. The summed E-state index contributed by atoms with van der Waals surface area (Å²) in [5, 5.41) is 10.5. The zero-order chi connectivity index (χ0) is 16.2. The molecule has 0 aliphatic heterocycles. The molecule has 0 aliphatic rings. The summed E-state index contributed by atoms with van der Waals surface area (Å²) in [6.07, 6.45) is 0.566. The lowest BCUT2D eigenvalue weighted by Gasteiger charge is -2.20. The third-order valence-electron chi connectivity index (χ3n) is 3.16. The SMILES string of the molecule is CCC(C)C(NS(=O)(=O)c1ccc([N+](=O)[O-])cc1)C(N)=O. The Morgan fingerprint density at radius 3 is 2.29 bits per heavy atom. The highest BCUT2D eigenvalue weighted by molar-refractivity contribution is 7.89. The van der Waals surface area contributed by atoms with Crippen molar-refractivity contribution in [1.82, 2.24) is 4.72 Å². The van der Waals surface area contributed by atoms with E-state index in [0.717, 1.165) is 24.3 Å². The molecule has 2 atom stereocenters. The van der Waals surface area contributed by atoms with E-state index in [1.807, 2.05) is 0 Å². The average Bonchev–Trinajstić information content (AvgIpc) is 2.43. The summed E-state index contributed by atoms with van der Waals surface area (Å²) in [6.45, 7) is 3.51. The van der Waals surface area contributed by atoms with Gasteiger partial charge in [-0.15, -0.1) is 0 Å². The minimum atomic E-state index is -3.98. The van der Waals surface area contributed by atoms with E-state index in [9.17, 15) is 23.3 Å². The summed E-state index contributed by atoms with van der Waals surface area (Å²) in [5.74, 6) is -1.04. The van der Waals surface area contributed by atoms with Gasteiger partial charge in [0.1, 0.15) is 6.04 Å². The van der Waals surface area contributed by atoms with Crippen molar-refractivity contribution in [2.75, 3.05) is 0 Å². The first-order valence-electron chi connectivity index (χ1n) is 6.25. The molecule has 0 heterocycles. The summed E-state index contributed by atoms with van der Waals surface area (Å²) in [5.41, 5.74) is 4.99. The molecular formula is C12H17N3O5S. The Labute approximate surface area is 122 Å². The van der Waals surface area contributed by atoms with E-state index in [-0.39, 0.29) is 16.5 Å². The molecule has 0 radical (unpaired) electrons. The quantitative estimate of drug-likeness (QED) is 0.566. The van der Waals surface area contributed by atoms with Crippen LogP contribution < -0.4 is 10.5 Å². The van der Waals surface area contributed by atoms with E-state index in [1.165, 1.54) is 0 Å². The highest BCUT2D eigenvalue weighted by Crippen LogP contribution is 2.17. The second-order valence-corrected chi connectivity index (χ2v) is 6.35. The second kappa shape index (κ2) is 6.64. The molecule has 1 rings (SSSR count). The number of sulfonamides is 1. The summed E-state index contributed by atoms with van der Waals surface area (Å²) < 4.78 is 26.6. The summed E-state index contributed by atoms with van der Waals surface area (Å²) in [4.78, 5) is 21.1. The van der Waals surface area contributed by atoms with Crippen LogP contribution in [0.25, 0.3) is 0 Å². The molecule has 0 fully saturated rings. The van der Waals surface area contributed by atoms with Gasteiger partial charge >= 0.3 is 0 Å². The summed E-state index contributed by atoms with van der Waals surface area (Å²) in [6, 6.07) is 3.34. The summed E-state index contributed by atoms with van der Waals surface area (Å²) in [7, 11) is -3.98. The maximum Gasteiger partial charge on any atom is 0.269 e. The monoisotopic (exact) mass is 315 g/mol. The zero-order valence-corrected chi connectivity index (χ0v) is 12.5. The van der Waals surface area contributed by atoms with Crippen molar-refractivity contribution < 1.29 is 18.1 Å². The van der Waals surface area contributed by atoms with Gasteiger partial charge in [-0.05, 0) is 18.1 Å². The van der Waals surface area contributed by atoms with E-state index >= 15 is 0 Å². The number of rotatable bonds is 7. The molecule has 2 unspecified atom stereocenters. The molecule has 116 valence electrons. The molecule has 0 saturated heterocycles. The molecule has 1 amide bonds. The molecule has 0 spiro atoms. The average molecular weight is 315 g/mol. The van der Waals surface area contributed by atoms with Gasteiger partial charge in [-0.1, -0.05) is 20.3 Å². The van der Waals surface area contributed by atoms with Crippen molar-refractivity contribution in [1.29, 1.82) is 0 Å². The van der Waals surface area contributed by atoms with Crippen LogP contribution in [-0.2, 0) is 14.8 Å². The van der Waals surface area contributed by atoms with E-state index in [0.29, 0.717) is 6.42 Å². The first-order chi connectivity index (χ1) is 9.69. The highest BCUT2D eigenvalue weighted by Gasteiger charge is 2.28. The van der Waals surface area contributed by atoms with Gasteiger partial charge < -0.3 is 5.73 Å². The Kier molecular flexibility index (Phi) is 5.39. The van der Waals surface area contributed by atoms with Gasteiger partial charge in [0, 0.05) is 12.1 Å². The number of nitro benzene ring substituents is 1. The van der Waals surface area contributed by atoms with Crippen molar-refractivity contribution in [3.63, 3.8) is 0 Å². The van der Waals surface area contributed by atoms with Crippen LogP contribution >= 0.6 is 0 Å². The fourth-order valence-corrected chi connectivity index (χ4v) is 2.99. The zero-order valence-electron chi connectivity index (χ0n) is 11.6. The van der Waals surface area contributed by atoms with E-state index in [4.69, 9.17) is 5.73 Å². The lowest BCUT2D eigenvalue weighted by molar-refractivity contribution is -0.384. The molecule has 3 N–H and O–H groups in total. The number of hydrogen-bond acceptors (Lipinski definition) is 5. The van der Waals surface area contributed by atoms with Crippen LogP contribution in [0.3, 0.4) is 0 Å². The highest BCUT2D eigenvalue weighted by atomic mass is 32.2. The molecule has 8 nitrogen and oxygen atoms in total. The van der Waals surface area contributed by atoms with E-state index in [2.05, 4.69) is 4.72 Å². The Hall–Kier alpha value is -2.00. The molecule has 1 aromatic carbocycles. The molecule has 0 bridgehead atoms. The van der Waals surface area contributed by atoms with Crippen molar-refractivity contribution in [3.05, 3.63) is 34.4 Å². The lowest BCUT2D eigenvalue weighted by Crippen LogP contribution is -2.48. The molecule has 9 heteroatoms. The number of hydrogen-bond donors (Lipinski definition) is 2. The van der Waals surface area contributed by atoms with Crippen LogP contribution in [0.4, 0.5) is 5.69 Å². The maximum absolute atomic E-state index is 12.2. The van der Waals surface area contributed by atoms with Crippen LogP contribution in [0.2, 0.25) is 0 Å². The number of carbonyl (C=O) groups excluding carboxylic acids is 1. The van der Waals surface area contributed by atoms with Gasteiger partial charge in [-0.3, -0.25) is 14.9 Å². The van der Waals surface area contributed by atoms with Crippen LogP contribution in [-0.4, -0.2) is 25.3 Å². The smallest absolute Gasteiger partial charge is 0.269 e. The van der Waals surface area contributed by atoms with E-state index in [1.54, 1.807) is 13.8 Å². The van der Waals surface area contributed by atoms with Gasteiger partial charge in [0.2, 0.25) is 15.9 Å². The van der Waals surface area contributed by atoms with Crippen molar-refractivity contribution in [3.8, 4) is 0 Å². The van der Waals surface area contributed by atoms with Gasteiger partial charge in [0.15, 0.2) is 0 Å². The normalized spacial score (nSPS) is 14.4. The number of nitro groups is 1. The topological polar surface area (TPSA) is 132 Å². The van der Waals surface area contributed by atoms with Crippen LogP contribution in [0.1, 0.15) is 20.3 Å². The van der Waals surface area contributed by atoms with Crippen LogP contribution in [0, 0.1) is 16.0 Å². The number of nitrogens with two attached hydrogens (primary N) is 1. The third-order valence-corrected chi connectivity index (χ3v) is 4.62. The number of primary amides is 1. The van der Waals surface area contributed by atoms with Crippen LogP contribution in [0.5, 0.6) is 0 Å². The van der Waals surface area contributed by atoms with Gasteiger partial charge in [-0.2, -0.15) is 4.72 Å². The summed E-state index contributed by atoms with van der Waals surface area (Å²) >= 11 is 0. The number of benzene rings is 1. The maximum atomic E-state index is 12.2. The predicted molar refractivity (Wildman–Crippen MR) is 75.9 cm³/mol. The van der Waals surface area contributed by atoms with Gasteiger partial charge in [0.05, 0.1) is 9.82 Å². The lowest BCUT2D eigenvalue weighted by atomic mass is 10.00. The van der Waals surface area contributed by atoms with Crippen molar-refractivity contribution in [2.45, 2.75) is 31.2 Å². The second-order valence-electron chi connectivity index (χ2n) is 4.64. The van der Waals surface area contributed by atoms with Crippen molar-refractivity contribution >= 4 is 21.6 Å². The Morgan fingerprint density at radius 1 is 1.38 bits per heavy atom. The number of amides is 1. The fourth-order valence-electron chi connectivity index (χ4n) is 1.67. The van der Waals surface area contributed by atoms with Gasteiger partial charge in [-0.25, -0.2) is 8.42 Å². The number of nitrogens with zero attached hydrogens (tertiary/aromatic N) is 1. The first-order valence-corrected chi connectivity index (χ1v) is 7.73. The molecular weight excluding hydrogens is 298 g/mol. The van der Waals surface area contributed by atoms with Crippen molar-refractivity contribution in [2.24, 2.45) is 11.7 Å². The minimum Gasteiger partial charge on any atom is -0.368 e. The van der Waals surface area contributed by atoms with Gasteiger partial charge in [0.25, 0.3) is 5.69 Å². The standard InChI is InChI=1S/C12H17N3O5S/c1-3-8(2)11(12(13)16)14-21(19,20)10-6-4-9(5-7-10)15(17)18/h4-8,11,14H,3H2,1-2H3,(H2,13,16). The Bertz CT molecular complexity index is 627. The van der Waals surface area contributed by atoms with Crippen LogP contribution in [0.15, 0.2) is 29.2 Å². The van der Waals surface area contributed by atoms with E-state index < -0.39 is 26.9 Å². The Morgan fingerprint density at radius 2 is 1.90 bits per heavy atom. The fraction of sp³-hybridized carbons (Fsp3) is 0.417. The minimum absolute atomic E-state index is 0.164. The predicted octanol–water partition coefficient (Wildman–Crippen LogP) is 0.773. The molecule has 21 heavy (non-hydrogen) atoms. The number of non-ortho nitro benzene ring substituents is 1. The molecule has 0 aliphatic carbocycles. The molecule has 0 aromatic heterocycles. The largest absolute Gasteiger partial charge is 0.368 e.